The number of halogens is 1. The topological polar surface area (TPSA) is 38.3 Å². The molecule has 1 rings (SSSR count). The van der Waals surface area contributed by atoms with Gasteiger partial charge in [0.15, 0.2) is 11.6 Å². The van der Waals surface area contributed by atoms with E-state index >= 15 is 0 Å². The van der Waals surface area contributed by atoms with Crippen molar-refractivity contribution >= 4 is 11.6 Å². The van der Waals surface area contributed by atoms with Crippen molar-refractivity contribution in [3.63, 3.8) is 0 Å². The molecule has 0 aliphatic heterocycles. The molecule has 0 fully saturated rings. The summed E-state index contributed by atoms with van der Waals surface area (Å²) in [5, 5.41) is 2.58. The molecule has 0 bridgehead atoms. The zero-order chi connectivity index (χ0) is 15.0. The van der Waals surface area contributed by atoms with Crippen molar-refractivity contribution in [2.45, 2.75) is 26.7 Å². The summed E-state index contributed by atoms with van der Waals surface area (Å²) in [6, 6.07) is 3.19. The summed E-state index contributed by atoms with van der Waals surface area (Å²) in [6.45, 7) is 3.34. The summed E-state index contributed by atoms with van der Waals surface area (Å²) < 4.78 is 19.2. The molecule has 0 spiro atoms. The molecule has 0 aromatic heterocycles. The van der Waals surface area contributed by atoms with Crippen LogP contribution in [-0.4, -0.2) is 13.0 Å². The third-order valence-corrected chi connectivity index (χ3v) is 2.54. The van der Waals surface area contributed by atoms with Crippen molar-refractivity contribution in [3.05, 3.63) is 23.5 Å². The van der Waals surface area contributed by atoms with Gasteiger partial charge in [-0.05, 0) is 19.9 Å². The van der Waals surface area contributed by atoms with Crippen molar-refractivity contribution in [2.24, 2.45) is 0 Å². The molecule has 0 saturated heterocycles. The van der Waals surface area contributed by atoms with Gasteiger partial charge in [-0.15, -0.1) is 11.8 Å². The predicted octanol–water partition coefficient (Wildman–Crippen LogP) is 2.75. The summed E-state index contributed by atoms with van der Waals surface area (Å²) in [4.78, 5) is 11.6. The Kier molecular flexibility index (Phi) is 6.13. The number of amides is 1. The normalized spacial score (nSPS) is 8.80. The van der Waals surface area contributed by atoms with Gasteiger partial charge >= 0.3 is 0 Å². The molecule has 4 heteroatoms. The van der Waals surface area contributed by atoms with Gasteiger partial charge in [-0.1, -0.05) is 17.9 Å². The van der Waals surface area contributed by atoms with Crippen LogP contribution < -0.4 is 10.1 Å². The van der Waals surface area contributed by atoms with Crippen LogP contribution in [0.2, 0.25) is 0 Å². The van der Waals surface area contributed by atoms with Crippen LogP contribution in [0.1, 0.15) is 25.8 Å². The Hall–Kier alpha value is -2.46. The average molecular weight is 273 g/mol. The van der Waals surface area contributed by atoms with E-state index in [1.807, 2.05) is 0 Å². The maximum absolute atomic E-state index is 14.2. The first-order valence-corrected chi connectivity index (χ1v) is 6.08. The smallest absolute Gasteiger partial charge is 0.236 e. The quantitative estimate of drug-likeness (QED) is 0.857. The lowest BCUT2D eigenvalue weighted by atomic mass is 10.1. The minimum absolute atomic E-state index is 0.0122. The molecule has 0 heterocycles. The van der Waals surface area contributed by atoms with Gasteiger partial charge < -0.3 is 10.1 Å². The van der Waals surface area contributed by atoms with Crippen LogP contribution in [0.3, 0.4) is 0 Å². The van der Waals surface area contributed by atoms with E-state index in [9.17, 15) is 9.18 Å². The van der Waals surface area contributed by atoms with Gasteiger partial charge in [0.05, 0.1) is 19.2 Å². The molecule has 1 aromatic rings. The Morgan fingerprint density at radius 2 is 2.00 bits per heavy atom. The highest BCUT2D eigenvalue weighted by Gasteiger charge is 2.15. The fourth-order valence-corrected chi connectivity index (χ4v) is 1.58. The SMILES string of the molecule is CC#CCC(=O)Nc1ccc(CC#CC)c(F)c1OC. The van der Waals surface area contributed by atoms with Crippen LogP contribution in [0.5, 0.6) is 5.75 Å². The Morgan fingerprint density at radius 3 is 2.60 bits per heavy atom. The molecule has 0 atom stereocenters. The fraction of sp³-hybridized carbons (Fsp3) is 0.312. The molecule has 0 aliphatic rings. The van der Waals surface area contributed by atoms with Gasteiger partial charge in [-0.25, -0.2) is 4.39 Å². The van der Waals surface area contributed by atoms with E-state index in [0.29, 0.717) is 17.7 Å². The highest BCUT2D eigenvalue weighted by Crippen LogP contribution is 2.30. The van der Waals surface area contributed by atoms with Crippen molar-refractivity contribution in [2.75, 3.05) is 12.4 Å². The second kappa shape index (κ2) is 7.86. The van der Waals surface area contributed by atoms with Gasteiger partial charge in [-0.3, -0.25) is 4.79 Å². The number of carbonyl (C=O) groups excluding carboxylic acids is 1. The van der Waals surface area contributed by atoms with Crippen LogP contribution in [0.4, 0.5) is 10.1 Å². The molecule has 3 nitrogen and oxygen atoms in total. The van der Waals surface area contributed by atoms with E-state index in [1.54, 1.807) is 26.0 Å². The number of nitrogens with one attached hydrogen (secondary N) is 1. The zero-order valence-electron chi connectivity index (χ0n) is 11.8. The van der Waals surface area contributed by atoms with E-state index in [1.165, 1.54) is 7.11 Å². The van der Waals surface area contributed by atoms with Gasteiger partial charge in [0.1, 0.15) is 0 Å². The second-order valence-corrected chi connectivity index (χ2v) is 3.87. The minimum atomic E-state index is -0.505. The number of rotatable bonds is 4. The van der Waals surface area contributed by atoms with Crippen LogP contribution in [0, 0.1) is 29.5 Å². The van der Waals surface area contributed by atoms with E-state index < -0.39 is 5.82 Å². The van der Waals surface area contributed by atoms with Crippen LogP contribution >= 0.6 is 0 Å². The van der Waals surface area contributed by atoms with E-state index in [0.717, 1.165) is 0 Å². The molecule has 0 aliphatic carbocycles. The lowest BCUT2D eigenvalue weighted by Crippen LogP contribution is -2.12. The average Bonchev–Trinajstić information content (AvgIpc) is 2.44. The van der Waals surface area contributed by atoms with E-state index in [2.05, 4.69) is 29.0 Å². The highest BCUT2D eigenvalue weighted by molar-refractivity contribution is 5.93. The summed E-state index contributed by atoms with van der Waals surface area (Å²) in [5.74, 6) is 9.97. The predicted molar refractivity (Wildman–Crippen MR) is 76.8 cm³/mol. The first-order chi connectivity index (χ1) is 9.63. The Morgan fingerprint density at radius 1 is 1.30 bits per heavy atom. The molecule has 0 saturated carbocycles. The van der Waals surface area contributed by atoms with E-state index in [4.69, 9.17) is 4.74 Å². The third-order valence-electron chi connectivity index (χ3n) is 2.54. The zero-order valence-corrected chi connectivity index (χ0v) is 11.8. The van der Waals surface area contributed by atoms with Gasteiger partial charge in [-0.2, -0.15) is 0 Å². The molecule has 1 aromatic carbocycles. The lowest BCUT2D eigenvalue weighted by Gasteiger charge is -2.12. The Balaban J connectivity index is 3.01. The third kappa shape index (κ3) is 4.03. The summed E-state index contributed by atoms with van der Waals surface area (Å²) in [6.07, 6.45) is 0.360. The molecule has 0 unspecified atom stereocenters. The highest BCUT2D eigenvalue weighted by atomic mass is 19.1. The van der Waals surface area contributed by atoms with Crippen LogP contribution in [0.15, 0.2) is 12.1 Å². The molecule has 0 radical (unpaired) electrons. The van der Waals surface area contributed by atoms with Gasteiger partial charge in [0.2, 0.25) is 5.91 Å². The van der Waals surface area contributed by atoms with Gasteiger partial charge in [0, 0.05) is 12.0 Å². The molecule has 104 valence electrons. The fourth-order valence-electron chi connectivity index (χ4n) is 1.58. The molecule has 1 N–H and O–H groups in total. The molecular formula is C16H16FNO2. The number of benzene rings is 1. The first-order valence-electron chi connectivity index (χ1n) is 6.08. The lowest BCUT2D eigenvalue weighted by molar-refractivity contribution is -0.115. The van der Waals surface area contributed by atoms with Crippen molar-refractivity contribution < 1.29 is 13.9 Å². The Bertz CT molecular complexity index is 615. The minimum Gasteiger partial charge on any atom is -0.492 e. The number of methoxy groups -OCH3 is 1. The standard InChI is InChI=1S/C16H16FNO2/c1-4-6-8-12-10-11-13(16(20-3)15(12)17)18-14(19)9-7-5-2/h10-11H,8-9H2,1-3H3,(H,18,19). The largest absolute Gasteiger partial charge is 0.492 e. The van der Waals surface area contributed by atoms with Crippen molar-refractivity contribution in [1.29, 1.82) is 0 Å². The van der Waals surface area contributed by atoms with Crippen LogP contribution in [0.25, 0.3) is 0 Å². The molecule has 20 heavy (non-hydrogen) atoms. The summed E-state index contributed by atoms with van der Waals surface area (Å²) >= 11 is 0. The summed E-state index contributed by atoms with van der Waals surface area (Å²) in [7, 11) is 1.36. The number of anilines is 1. The molecule has 1 amide bonds. The number of ether oxygens (including phenoxy) is 1. The maximum Gasteiger partial charge on any atom is 0.236 e. The molecular weight excluding hydrogens is 257 g/mol. The summed E-state index contributed by atoms with van der Waals surface area (Å²) in [5.41, 5.74) is 0.726. The van der Waals surface area contributed by atoms with Crippen molar-refractivity contribution in [1.82, 2.24) is 0 Å². The number of hydrogen-bond acceptors (Lipinski definition) is 2. The van der Waals surface area contributed by atoms with E-state index in [-0.39, 0.29) is 18.1 Å². The first kappa shape index (κ1) is 15.6. The maximum atomic E-state index is 14.2. The van der Waals surface area contributed by atoms with Gasteiger partial charge in [0.25, 0.3) is 0 Å². The second-order valence-electron chi connectivity index (χ2n) is 3.87. The monoisotopic (exact) mass is 273 g/mol. The number of hydrogen-bond donors (Lipinski definition) is 1. The van der Waals surface area contributed by atoms with Crippen molar-refractivity contribution in [3.8, 4) is 29.4 Å². The van der Waals surface area contributed by atoms with Crippen LogP contribution in [-0.2, 0) is 11.2 Å². The Labute approximate surface area is 118 Å². The number of carbonyl (C=O) groups is 1.